The normalized spacial score (nSPS) is 18.1. The standard InChI is InChI=1S/C20H23NO3/c22-21-15-16-9-10-19(17-6-2-1-3-7-17)18(14-16)11-13-24-20-8-4-5-12-23-20/h1-3,6-7,9-10,14-15,20,22H,4-5,8,11-13H2. The molecule has 0 aromatic heterocycles. The van der Waals surface area contributed by atoms with Crippen molar-refractivity contribution in [2.24, 2.45) is 5.16 Å². The van der Waals surface area contributed by atoms with Gasteiger partial charge in [-0.15, -0.1) is 0 Å². The van der Waals surface area contributed by atoms with Crippen LogP contribution < -0.4 is 0 Å². The lowest BCUT2D eigenvalue weighted by molar-refractivity contribution is -0.161. The molecule has 1 saturated heterocycles. The van der Waals surface area contributed by atoms with Gasteiger partial charge >= 0.3 is 0 Å². The maximum absolute atomic E-state index is 8.77. The van der Waals surface area contributed by atoms with E-state index in [1.54, 1.807) is 0 Å². The van der Waals surface area contributed by atoms with Crippen molar-refractivity contribution < 1.29 is 14.7 Å². The van der Waals surface area contributed by atoms with Gasteiger partial charge in [0.05, 0.1) is 12.8 Å². The zero-order valence-corrected chi connectivity index (χ0v) is 13.7. The highest BCUT2D eigenvalue weighted by molar-refractivity contribution is 5.81. The molecule has 2 aromatic carbocycles. The summed E-state index contributed by atoms with van der Waals surface area (Å²) in [5, 5.41) is 11.9. The van der Waals surface area contributed by atoms with Gasteiger partial charge in [-0.05, 0) is 54.0 Å². The quantitative estimate of drug-likeness (QED) is 0.491. The molecular weight excluding hydrogens is 302 g/mol. The minimum Gasteiger partial charge on any atom is -0.411 e. The third-order valence-electron chi connectivity index (χ3n) is 4.23. The molecule has 1 aliphatic rings. The molecule has 1 fully saturated rings. The molecule has 0 amide bonds. The van der Waals surface area contributed by atoms with Gasteiger partial charge in [-0.2, -0.15) is 0 Å². The van der Waals surface area contributed by atoms with E-state index in [2.05, 4.69) is 23.4 Å². The lowest BCUT2D eigenvalue weighted by Gasteiger charge is -2.23. The first-order valence-corrected chi connectivity index (χ1v) is 8.46. The van der Waals surface area contributed by atoms with Crippen molar-refractivity contribution in [1.29, 1.82) is 0 Å². The minimum absolute atomic E-state index is 0.0684. The van der Waals surface area contributed by atoms with Crippen LogP contribution in [0.1, 0.15) is 30.4 Å². The first-order chi connectivity index (χ1) is 11.9. The van der Waals surface area contributed by atoms with Crippen molar-refractivity contribution in [1.82, 2.24) is 0 Å². The number of ether oxygens (including phenoxy) is 2. The molecule has 4 nitrogen and oxygen atoms in total. The third kappa shape index (κ3) is 4.43. The summed E-state index contributed by atoms with van der Waals surface area (Å²) in [6.07, 6.45) is 5.44. The summed E-state index contributed by atoms with van der Waals surface area (Å²) in [5.41, 5.74) is 4.41. The molecule has 4 heteroatoms. The number of oxime groups is 1. The fourth-order valence-electron chi connectivity index (χ4n) is 3.01. The lowest BCUT2D eigenvalue weighted by Crippen LogP contribution is -2.23. The Kier molecular flexibility index (Phi) is 5.99. The number of hydrogen-bond acceptors (Lipinski definition) is 4. The summed E-state index contributed by atoms with van der Waals surface area (Å²) < 4.78 is 11.5. The molecular formula is C20H23NO3. The molecule has 1 aliphatic heterocycles. The summed E-state index contributed by atoms with van der Waals surface area (Å²) in [4.78, 5) is 0. The topological polar surface area (TPSA) is 51.1 Å². The lowest BCUT2D eigenvalue weighted by atomic mass is 9.96. The van der Waals surface area contributed by atoms with Crippen LogP contribution >= 0.6 is 0 Å². The summed E-state index contributed by atoms with van der Waals surface area (Å²) in [5.74, 6) is 0. The predicted octanol–water partition coefficient (Wildman–Crippen LogP) is 4.25. The van der Waals surface area contributed by atoms with E-state index in [1.165, 1.54) is 29.3 Å². The van der Waals surface area contributed by atoms with E-state index in [-0.39, 0.29) is 6.29 Å². The molecule has 0 bridgehead atoms. The van der Waals surface area contributed by atoms with Crippen molar-refractivity contribution in [3.05, 3.63) is 59.7 Å². The average molecular weight is 325 g/mol. The van der Waals surface area contributed by atoms with Crippen LogP contribution in [0.4, 0.5) is 0 Å². The molecule has 1 N–H and O–H groups in total. The van der Waals surface area contributed by atoms with Gasteiger partial charge in [0.25, 0.3) is 0 Å². The third-order valence-corrected chi connectivity index (χ3v) is 4.23. The van der Waals surface area contributed by atoms with E-state index in [0.29, 0.717) is 6.61 Å². The maximum atomic E-state index is 8.77. The zero-order valence-electron chi connectivity index (χ0n) is 13.7. The van der Waals surface area contributed by atoms with Gasteiger partial charge in [-0.3, -0.25) is 0 Å². The monoisotopic (exact) mass is 325 g/mol. The van der Waals surface area contributed by atoms with Gasteiger partial charge < -0.3 is 14.7 Å². The molecule has 126 valence electrons. The van der Waals surface area contributed by atoms with Gasteiger partial charge in [0.15, 0.2) is 6.29 Å². The van der Waals surface area contributed by atoms with Crippen LogP contribution in [-0.2, 0) is 15.9 Å². The number of benzene rings is 2. The van der Waals surface area contributed by atoms with Crippen molar-refractivity contribution in [3.63, 3.8) is 0 Å². The van der Waals surface area contributed by atoms with Gasteiger partial charge in [0.1, 0.15) is 0 Å². The van der Waals surface area contributed by atoms with E-state index in [9.17, 15) is 0 Å². The molecule has 3 rings (SSSR count). The fraction of sp³-hybridized carbons (Fsp3) is 0.350. The highest BCUT2D eigenvalue weighted by Gasteiger charge is 2.14. The zero-order chi connectivity index (χ0) is 16.6. The van der Waals surface area contributed by atoms with Crippen LogP contribution in [0.25, 0.3) is 11.1 Å². The minimum atomic E-state index is -0.0684. The largest absolute Gasteiger partial charge is 0.411 e. The molecule has 1 atom stereocenters. The second kappa shape index (κ2) is 8.62. The number of rotatable bonds is 6. The first kappa shape index (κ1) is 16.7. The highest BCUT2D eigenvalue weighted by Crippen LogP contribution is 2.25. The van der Waals surface area contributed by atoms with Gasteiger partial charge in [-0.1, -0.05) is 47.6 Å². The second-order valence-corrected chi connectivity index (χ2v) is 5.94. The SMILES string of the molecule is ON=Cc1ccc(-c2ccccc2)c(CCOC2CCCCO2)c1. The Morgan fingerprint density at radius 2 is 2.04 bits per heavy atom. The van der Waals surface area contributed by atoms with Crippen LogP contribution in [0.15, 0.2) is 53.7 Å². The summed E-state index contributed by atoms with van der Waals surface area (Å²) >= 11 is 0. The molecule has 24 heavy (non-hydrogen) atoms. The van der Waals surface area contributed by atoms with Crippen molar-refractivity contribution >= 4 is 6.21 Å². The van der Waals surface area contributed by atoms with Gasteiger partial charge in [-0.25, -0.2) is 0 Å². The first-order valence-electron chi connectivity index (χ1n) is 8.46. The summed E-state index contributed by atoms with van der Waals surface area (Å²) in [6.45, 7) is 1.41. The number of nitrogens with zero attached hydrogens (tertiary/aromatic N) is 1. The van der Waals surface area contributed by atoms with E-state index < -0.39 is 0 Å². The maximum Gasteiger partial charge on any atom is 0.157 e. The van der Waals surface area contributed by atoms with Crippen molar-refractivity contribution in [3.8, 4) is 11.1 Å². The molecule has 0 spiro atoms. The van der Waals surface area contributed by atoms with Crippen molar-refractivity contribution in [2.45, 2.75) is 32.0 Å². The Hall–Kier alpha value is -2.17. The van der Waals surface area contributed by atoms with E-state index in [4.69, 9.17) is 14.7 Å². The van der Waals surface area contributed by atoms with Crippen LogP contribution in [-0.4, -0.2) is 30.9 Å². The Balaban J connectivity index is 1.74. The molecule has 1 heterocycles. The summed E-state index contributed by atoms with van der Waals surface area (Å²) in [6, 6.07) is 16.4. The molecule has 0 radical (unpaired) electrons. The van der Waals surface area contributed by atoms with E-state index in [0.717, 1.165) is 31.4 Å². The van der Waals surface area contributed by atoms with Gasteiger partial charge in [0.2, 0.25) is 0 Å². The van der Waals surface area contributed by atoms with Gasteiger partial charge in [0, 0.05) is 6.61 Å². The summed E-state index contributed by atoms with van der Waals surface area (Å²) in [7, 11) is 0. The Labute approximate surface area is 142 Å². The van der Waals surface area contributed by atoms with E-state index >= 15 is 0 Å². The van der Waals surface area contributed by atoms with Crippen LogP contribution in [0.2, 0.25) is 0 Å². The van der Waals surface area contributed by atoms with Crippen molar-refractivity contribution in [2.75, 3.05) is 13.2 Å². The van der Waals surface area contributed by atoms with Crippen LogP contribution in [0.3, 0.4) is 0 Å². The molecule has 1 unspecified atom stereocenters. The molecule has 0 saturated carbocycles. The average Bonchev–Trinajstić information content (AvgIpc) is 2.64. The second-order valence-electron chi connectivity index (χ2n) is 5.94. The smallest absolute Gasteiger partial charge is 0.157 e. The Bertz CT molecular complexity index is 664. The predicted molar refractivity (Wildman–Crippen MR) is 94.5 cm³/mol. The molecule has 2 aromatic rings. The van der Waals surface area contributed by atoms with Crippen LogP contribution in [0.5, 0.6) is 0 Å². The highest BCUT2D eigenvalue weighted by atomic mass is 16.7. The van der Waals surface area contributed by atoms with E-state index in [1.807, 2.05) is 30.3 Å². The number of hydrogen-bond donors (Lipinski definition) is 1. The Morgan fingerprint density at radius 1 is 1.17 bits per heavy atom. The molecule has 0 aliphatic carbocycles. The fourth-order valence-corrected chi connectivity index (χ4v) is 3.01. The van der Waals surface area contributed by atoms with Crippen LogP contribution in [0, 0.1) is 0 Å². The Morgan fingerprint density at radius 3 is 2.79 bits per heavy atom.